The first kappa shape index (κ1) is 10.1. The number of benzene rings is 1. The summed E-state index contributed by atoms with van der Waals surface area (Å²) < 4.78 is 39.7. The quantitative estimate of drug-likeness (QED) is 0.694. The molecule has 0 amide bonds. The van der Waals surface area contributed by atoms with E-state index >= 15 is 0 Å². The first-order valence-corrected chi connectivity index (χ1v) is 4.52. The van der Waals surface area contributed by atoms with Crippen molar-refractivity contribution in [2.75, 3.05) is 0 Å². The molecule has 0 fully saturated rings. The lowest BCUT2D eigenvalue weighted by Gasteiger charge is -2.10. The summed E-state index contributed by atoms with van der Waals surface area (Å²) in [5.41, 5.74) is 2.70. The molecule has 0 aliphatic heterocycles. The summed E-state index contributed by atoms with van der Waals surface area (Å²) in [5, 5.41) is 0. The topological polar surface area (TPSA) is 9.23 Å². The highest BCUT2D eigenvalue weighted by atomic mass is 19.4. The molecule has 0 saturated carbocycles. The van der Waals surface area contributed by atoms with Crippen molar-refractivity contribution < 1.29 is 17.9 Å². The Hall–Kier alpha value is -1.45. The van der Waals surface area contributed by atoms with Gasteiger partial charge in [0, 0.05) is 0 Å². The van der Waals surface area contributed by atoms with Gasteiger partial charge in [0.25, 0.3) is 0 Å². The van der Waals surface area contributed by atoms with E-state index in [1.807, 2.05) is 0 Å². The third-order valence-corrected chi connectivity index (χ3v) is 2.39. The van der Waals surface area contributed by atoms with Crippen LogP contribution in [0.3, 0.4) is 0 Å². The minimum atomic E-state index is -4.63. The third-order valence-electron chi connectivity index (χ3n) is 2.39. The fraction of sp³-hybridized carbons (Fsp3) is 0.273. The van der Waals surface area contributed by atoms with Gasteiger partial charge in [-0.05, 0) is 41.7 Å². The van der Waals surface area contributed by atoms with Crippen molar-refractivity contribution in [1.82, 2.24) is 0 Å². The number of aryl methyl sites for hydroxylation is 1. The first-order chi connectivity index (χ1) is 6.96. The van der Waals surface area contributed by atoms with Gasteiger partial charge in [-0.3, -0.25) is 0 Å². The van der Waals surface area contributed by atoms with Gasteiger partial charge in [-0.15, -0.1) is 13.2 Å². The monoisotopic (exact) mass is 214 g/mol. The highest BCUT2D eigenvalue weighted by Crippen LogP contribution is 2.34. The van der Waals surface area contributed by atoms with Crippen molar-refractivity contribution in [3.8, 4) is 5.75 Å². The molecule has 2 rings (SSSR count). The molecule has 0 aromatic heterocycles. The standard InChI is InChI=1S/C11H9F3O/c1-7-2-3-8-4-5-9(6-10(7)8)15-11(12,13)14/h4-6H,1-3H2. The maximum atomic E-state index is 11.9. The molecule has 1 aromatic carbocycles. The average molecular weight is 214 g/mol. The van der Waals surface area contributed by atoms with Gasteiger partial charge < -0.3 is 4.74 Å². The van der Waals surface area contributed by atoms with E-state index in [0.29, 0.717) is 0 Å². The molecular formula is C11H9F3O. The molecule has 0 N–H and O–H groups in total. The lowest BCUT2D eigenvalue weighted by atomic mass is 10.1. The summed E-state index contributed by atoms with van der Waals surface area (Å²) in [6.45, 7) is 3.80. The van der Waals surface area contributed by atoms with E-state index < -0.39 is 6.36 Å². The van der Waals surface area contributed by atoms with Crippen LogP contribution in [-0.2, 0) is 6.42 Å². The lowest BCUT2D eigenvalue weighted by molar-refractivity contribution is -0.274. The Morgan fingerprint density at radius 1 is 1.20 bits per heavy atom. The van der Waals surface area contributed by atoms with Gasteiger partial charge in [0.05, 0.1) is 0 Å². The van der Waals surface area contributed by atoms with Gasteiger partial charge in [0.2, 0.25) is 0 Å². The normalized spacial score (nSPS) is 15.3. The van der Waals surface area contributed by atoms with Gasteiger partial charge in [0.15, 0.2) is 0 Å². The highest BCUT2D eigenvalue weighted by molar-refractivity contribution is 5.71. The smallest absolute Gasteiger partial charge is 0.406 e. The number of fused-ring (bicyclic) bond motifs is 1. The van der Waals surface area contributed by atoms with Crippen LogP contribution in [0.4, 0.5) is 13.2 Å². The Bertz CT molecular complexity index is 407. The second-order valence-electron chi connectivity index (χ2n) is 3.47. The van der Waals surface area contributed by atoms with Crippen molar-refractivity contribution in [2.45, 2.75) is 19.2 Å². The molecule has 0 saturated heterocycles. The van der Waals surface area contributed by atoms with Crippen LogP contribution in [0, 0.1) is 0 Å². The second kappa shape index (κ2) is 3.29. The fourth-order valence-corrected chi connectivity index (χ4v) is 1.72. The molecule has 0 radical (unpaired) electrons. The molecule has 0 spiro atoms. The number of hydrogen-bond acceptors (Lipinski definition) is 1. The van der Waals surface area contributed by atoms with E-state index in [1.165, 1.54) is 12.1 Å². The number of halogens is 3. The zero-order valence-corrected chi connectivity index (χ0v) is 7.90. The molecule has 4 heteroatoms. The zero-order chi connectivity index (χ0) is 11.1. The summed E-state index contributed by atoms with van der Waals surface area (Å²) in [6.07, 6.45) is -2.97. The molecule has 0 bridgehead atoms. The molecular weight excluding hydrogens is 205 g/mol. The number of rotatable bonds is 1. The molecule has 80 valence electrons. The van der Waals surface area contributed by atoms with Crippen molar-refractivity contribution in [3.63, 3.8) is 0 Å². The van der Waals surface area contributed by atoms with Crippen LogP contribution in [0.5, 0.6) is 5.75 Å². The Morgan fingerprint density at radius 3 is 2.60 bits per heavy atom. The van der Waals surface area contributed by atoms with Gasteiger partial charge in [0.1, 0.15) is 5.75 Å². The Kier molecular flexibility index (Phi) is 2.21. The van der Waals surface area contributed by atoms with E-state index in [2.05, 4.69) is 11.3 Å². The van der Waals surface area contributed by atoms with E-state index in [1.54, 1.807) is 6.07 Å². The highest BCUT2D eigenvalue weighted by Gasteiger charge is 2.31. The van der Waals surface area contributed by atoms with Crippen LogP contribution in [0.2, 0.25) is 0 Å². The fourth-order valence-electron chi connectivity index (χ4n) is 1.72. The van der Waals surface area contributed by atoms with Crippen LogP contribution >= 0.6 is 0 Å². The van der Waals surface area contributed by atoms with Crippen molar-refractivity contribution in [3.05, 3.63) is 35.9 Å². The third kappa shape index (κ3) is 2.14. The van der Waals surface area contributed by atoms with Crippen LogP contribution in [-0.4, -0.2) is 6.36 Å². The summed E-state index contributed by atoms with van der Waals surface area (Å²) >= 11 is 0. The number of allylic oxidation sites excluding steroid dienone is 1. The molecule has 1 aliphatic rings. The van der Waals surface area contributed by atoms with Gasteiger partial charge >= 0.3 is 6.36 Å². The minimum Gasteiger partial charge on any atom is -0.406 e. The summed E-state index contributed by atoms with van der Waals surface area (Å²) in [4.78, 5) is 0. The molecule has 0 heterocycles. The maximum absolute atomic E-state index is 11.9. The average Bonchev–Trinajstić information content (AvgIpc) is 2.45. The molecule has 0 atom stereocenters. The summed E-state index contributed by atoms with van der Waals surface area (Å²) in [6, 6.07) is 4.40. The number of ether oxygens (including phenoxy) is 1. The van der Waals surface area contributed by atoms with Crippen molar-refractivity contribution in [1.29, 1.82) is 0 Å². The van der Waals surface area contributed by atoms with Crippen molar-refractivity contribution >= 4 is 5.57 Å². The first-order valence-electron chi connectivity index (χ1n) is 4.52. The number of alkyl halides is 3. The van der Waals surface area contributed by atoms with E-state index in [4.69, 9.17) is 0 Å². The van der Waals surface area contributed by atoms with Crippen LogP contribution in [0.1, 0.15) is 17.5 Å². The molecule has 0 unspecified atom stereocenters. The lowest BCUT2D eigenvalue weighted by Crippen LogP contribution is -2.17. The SMILES string of the molecule is C=C1CCc2ccc(OC(F)(F)F)cc21. The predicted molar refractivity (Wildman–Crippen MR) is 50.5 cm³/mol. The zero-order valence-electron chi connectivity index (χ0n) is 7.90. The van der Waals surface area contributed by atoms with Gasteiger partial charge in [-0.1, -0.05) is 12.6 Å². The van der Waals surface area contributed by atoms with Gasteiger partial charge in [-0.2, -0.15) is 0 Å². The predicted octanol–water partition coefficient (Wildman–Crippen LogP) is 3.54. The summed E-state index contributed by atoms with van der Waals surface area (Å²) in [5.74, 6) is -0.177. The van der Waals surface area contributed by atoms with E-state index in [9.17, 15) is 13.2 Å². The van der Waals surface area contributed by atoms with Crippen molar-refractivity contribution in [2.24, 2.45) is 0 Å². The summed E-state index contributed by atoms with van der Waals surface area (Å²) in [7, 11) is 0. The Morgan fingerprint density at radius 2 is 1.93 bits per heavy atom. The van der Waals surface area contributed by atoms with Gasteiger partial charge in [-0.25, -0.2) is 0 Å². The minimum absolute atomic E-state index is 0.177. The van der Waals surface area contributed by atoms with Crippen LogP contribution in [0.15, 0.2) is 24.8 Å². The Labute approximate surface area is 85.2 Å². The molecule has 1 aromatic rings. The Balaban J connectivity index is 2.30. The van der Waals surface area contributed by atoms with Crippen LogP contribution < -0.4 is 4.74 Å². The molecule has 1 aliphatic carbocycles. The largest absolute Gasteiger partial charge is 0.573 e. The second-order valence-corrected chi connectivity index (χ2v) is 3.47. The van der Waals surface area contributed by atoms with E-state index in [-0.39, 0.29) is 5.75 Å². The van der Waals surface area contributed by atoms with E-state index in [0.717, 1.165) is 29.5 Å². The van der Waals surface area contributed by atoms with Crippen LogP contribution in [0.25, 0.3) is 5.57 Å². The number of hydrogen-bond donors (Lipinski definition) is 0. The molecule has 1 nitrogen and oxygen atoms in total. The maximum Gasteiger partial charge on any atom is 0.573 e. The molecule has 15 heavy (non-hydrogen) atoms.